The molecule has 0 aliphatic carbocycles. The Bertz CT molecular complexity index is 2250. The normalized spacial score (nSPS) is 21.8. The van der Waals surface area contributed by atoms with Gasteiger partial charge >= 0.3 is 0 Å². The van der Waals surface area contributed by atoms with Crippen LogP contribution in [0, 0.1) is 6.92 Å². The first-order valence-corrected chi connectivity index (χ1v) is 16.8. The summed E-state index contributed by atoms with van der Waals surface area (Å²) in [6.07, 6.45) is 17.1. The maximum atomic E-state index is 5.22. The number of fused-ring (bicyclic) bond motifs is 8. The molecule has 7 rings (SSSR count). The maximum Gasteiger partial charge on any atom is 0.0967 e. The van der Waals surface area contributed by atoms with Crippen LogP contribution in [0.2, 0.25) is 0 Å². The summed E-state index contributed by atoms with van der Waals surface area (Å²) in [4.78, 5) is 21.8. The summed E-state index contributed by atoms with van der Waals surface area (Å²) in [5.41, 5.74) is 15.5. The number of aliphatic imine (C=N–C) groups is 2. The Morgan fingerprint density at radius 3 is 2.15 bits per heavy atom. The van der Waals surface area contributed by atoms with E-state index in [9.17, 15) is 0 Å². The van der Waals surface area contributed by atoms with Crippen molar-refractivity contribution in [1.82, 2.24) is 15.0 Å². The van der Waals surface area contributed by atoms with Crippen LogP contribution in [0.4, 0.5) is 0 Å². The molecule has 1 unspecified atom stereocenters. The number of H-pyrrole nitrogens is 3. The van der Waals surface area contributed by atoms with Crippen LogP contribution in [-0.4, -0.2) is 32.4 Å². The van der Waals surface area contributed by atoms with Gasteiger partial charge in [-0.1, -0.05) is 64.1 Å². The van der Waals surface area contributed by atoms with Crippen molar-refractivity contribution < 1.29 is 0 Å². The third-order valence-electron chi connectivity index (χ3n) is 9.81. The molecule has 46 heavy (non-hydrogen) atoms. The Morgan fingerprint density at radius 1 is 0.696 bits per heavy atom. The molecule has 0 saturated carbocycles. The molecular weight excluding hydrogens is 562 g/mol. The van der Waals surface area contributed by atoms with Gasteiger partial charge < -0.3 is 15.0 Å². The van der Waals surface area contributed by atoms with Crippen molar-refractivity contribution in [3.05, 3.63) is 138 Å². The van der Waals surface area contributed by atoms with Gasteiger partial charge in [-0.05, 0) is 121 Å². The number of benzene rings is 1. The zero-order valence-electron chi connectivity index (χ0n) is 27.8. The first-order chi connectivity index (χ1) is 22.4. The van der Waals surface area contributed by atoms with Crippen molar-refractivity contribution in [1.29, 1.82) is 0 Å². The number of allylic oxidation sites excluding steroid dienone is 4. The molecular formula is C41H43N5. The van der Waals surface area contributed by atoms with Crippen molar-refractivity contribution in [3.8, 4) is 0 Å². The molecule has 1 atom stereocenters. The zero-order chi connectivity index (χ0) is 31.9. The minimum absolute atomic E-state index is 0.102. The molecule has 5 nitrogen and oxygen atoms in total. The molecule has 232 valence electrons. The lowest BCUT2D eigenvalue weighted by Crippen LogP contribution is -2.19. The number of aromatic amines is 3. The van der Waals surface area contributed by atoms with Gasteiger partial charge in [-0.2, -0.15) is 0 Å². The summed E-state index contributed by atoms with van der Waals surface area (Å²) in [5.74, 6) is 0. The minimum atomic E-state index is -0.102. The summed E-state index contributed by atoms with van der Waals surface area (Å²) in [6.45, 7) is 13.4. The summed E-state index contributed by atoms with van der Waals surface area (Å²) in [5, 5.41) is 4.47. The highest BCUT2D eigenvalue weighted by Gasteiger charge is 2.22. The number of hydrogen-bond donors (Lipinski definition) is 3. The van der Waals surface area contributed by atoms with Gasteiger partial charge in [-0.3, -0.25) is 4.99 Å². The third-order valence-corrected chi connectivity index (χ3v) is 9.81. The quantitative estimate of drug-likeness (QED) is 0.259. The lowest BCUT2D eigenvalue weighted by atomic mass is 9.99. The first kappa shape index (κ1) is 29.8. The minimum Gasteiger partial charge on any atom is -0.355 e. The summed E-state index contributed by atoms with van der Waals surface area (Å²) in [7, 11) is 0. The fourth-order valence-electron chi connectivity index (χ4n) is 7.43. The zero-order valence-corrected chi connectivity index (χ0v) is 27.8. The van der Waals surface area contributed by atoms with Crippen LogP contribution in [-0.2, 0) is 19.3 Å². The SMILES string of the molecule is CCC1=C(C)/C2=C/C3=NC(C=C3)/C(c3ccccc3)=c3/cc/c([nH]3)=C/c3[nH]c(c(CC)c3C)/C=c3\[nH]/c(c(CC)c3CC)=C\C1=N2. The second-order valence-electron chi connectivity index (χ2n) is 12.4. The van der Waals surface area contributed by atoms with Gasteiger partial charge in [0.2, 0.25) is 0 Å². The van der Waals surface area contributed by atoms with Crippen LogP contribution in [0.5, 0.6) is 0 Å². The molecule has 6 heterocycles. The van der Waals surface area contributed by atoms with Crippen molar-refractivity contribution in [2.24, 2.45) is 9.98 Å². The van der Waals surface area contributed by atoms with E-state index in [1.807, 2.05) is 0 Å². The molecule has 5 heteroatoms. The number of aromatic nitrogens is 3. The van der Waals surface area contributed by atoms with Crippen LogP contribution < -0.4 is 21.4 Å². The second-order valence-corrected chi connectivity index (χ2v) is 12.4. The van der Waals surface area contributed by atoms with Gasteiger partial charge in [0, 0.05) is 38.4 Å². The van der Waals surface area contributed by atoms with Crippen LogP contribution >= 0.6 is 0 Å². The molecule has 1 aromatic carbocycles. The molecule has 4 aromatic rings. The van der Waals surface area contributed by atoms with E-state index < -0.39 is 0 Å². The van der Waals surface area contributed by atoms with Gasteiger partial charge in [0.15, 0.2) is 0 Å². The fraction of sp³-hybridized carbons (Fsp3) is 0.268. The molecule has 10 bridgehead atoms. The predicted octanol–water partition coefficient (Wildman–Crippen LogP) is 5.76. The topological polar surface area (TPSA) is 72.1 Å². The highest BCUT2D eigenvalue weighted by atomic mass is 14.8. The van der Waals surface area contributed by atoms with E-state index in [1.54, 1.807) is 0 Å². The molecule has 0 saturated heterocycles. The highest BCUT2D eigenvalue weighted by Crippen LogP contribution is 2.29. The van der Waals surface area contributed by atoms with Crippen LogP contribution in [0.15, 0.2) is 87.5 Å². The molecule has 0 fully saturated rings. The monoisotopic (exact) mass is 605 g/mol. The van der Waals surface area contributed by atoms with Crippen LogP contribution in [0.3, 0.4) is 0 Å². The van der Waals surface area contributed by atoms with Gasteiger partial charge in [0.25, 0.3) is 0 Å². The van der Waals surface area contributed by atoms with E-state index in [1.165, 1.54) is 44.4 Å². The van der Waals surface area contributed by atoms with E-state index in [0.717, 1.165) is 75.7 Å². The average molecular weight is 606 g/mol. The molecule has 3 aromatic heterocycles. The van der Waals surface area contributed by atoms with Crippen LogP contribution in [0.25, 0.3) is 23.8 Å². The lowest BCUT2D eigenvalue weighted by molar-refractivity contribution is 1.04. The Kier molecular flexibility index (Phi) is 7.85. The molecule has 0 spiro atoms. The molecule has 0 radical (unpaired) electrons. The first-order valence-electron chi connectivity index (χ1n) is 16.8. The molecule has 3 aliphatic rings. The summed E-state index contributed by atoms with van der Waals surface area (Å²) >= 11 is 0. The van der Waals surface area contributed by atoms with Crippen LogP contribution in [0.1, 0.15) is 80.2 Å². The highest BCUT2D eigenvalue weighted by molar-refractivity contribution is 6.23. The number of nitrogens with one attached hydrogen (secondary N) is 3. The lowest BCUT2D eigenvalue weighted by Gasteiger charge is -2.11. The van der Waals surface area contributed by atoms with E-state index in [-0.39, 0.29) is 6.04 Å². The Hall–Kier alpha value is -4.90. The largest absolute Gasteiger partial charge is 0.355 e. The van der Waals surface area contributed by atoms with Gasteiger partial charge in [-0.25, -0.2) is 4.99 Å². The van der Waals surface area contributed by atoms with E-state index in [4.69, 9.17) is 9.98 Å². The smallest absolute Gasteiger partial charge is 0.0967 e. The maximum absolute atomic E-state index is 5.22. The Labute approximate surface area is 271 Å². The van der Waals surface area contributed by atoms with E-state index >= 15 is 0 Å². The van der Waals surface area contributed by atoms with Crippen molar-refractivity contribution >= 4 is 35.2 Å². The van der Waals surface area contributed by atoms with Gasteiger partial charge in [0.05, 0.1) is 23.2 Å². The standard InChI is InChI=1S/C41H43N5/c1-7-29-24(5)35-20-27-16-18-33(42-27)41(26-14-12-11-13-15-26)34-19-17-28(43-34)21-36-25(6)30(8-2)38(45-36)23-40-32(10-4)31(9-3)39(46-40)22-37(29)44-35/h11-23,33,43,45-46H,7-10H2,1-6H3/b28-21-,35-20-,39-22-,40-23-,41-34-. The number of nitrogens with zero attached hydrogens (tertiary/aromatic N) is 2. The van der Waals surface area contributed by atoms with Crippen molar-refractivity contribution in [2.75, 3.05) is 0 Å². The Morgan fingerprint density at radius 2 is 1.43 bits per heavy atom. The van der Waals surface area contributed by atoms with E-state index in [0.29, 0.717) is 0 Å². The van der Waals surface area contributed by atoms with Crippen molar-refractivity contribution in [2.45, 2.75) is 73.3 Å². The average Bonchev–Trinajstić information content (AvgIpc) is 3.88. The van der Waals surface area contributed by atoms with E-state index in [2.05, 4.69) is 135 Å². The van der Waals surface area contributed by atoms with Gasteiger partial charge in [-0.15, -0.1) is 0 Å². The summed E-state index contributed by atoms with van der Waals surface area (Å²) < 4.78 is 0. The van der Waals surface area contributed by atoms with Gasteiger partial charge in [0.1, 0.15) is 0 Å². The molecule has 3 N–H and O–H groups in total. The second kappa shape index (κ2) is 12.1. The summed E-state index contributed by atoms with van der Waals surface area (Å²) in [6, 6.07) is 14.9. The fourth-order valence-corrected chi connectivity index (χ4v) is 7.43. The Balaban J connectivity index is 1.55. The molecule has 0 amide bonds. The third kappa shape index (κ3) is 5.14. The number of rotatable bonds is 5. The molecule has 3 aliphatic heterocycles. The van der Waals surface area contributed by atoms with Crippen molar-refractivity contribution in [3.63, 3.8) is 0 Å². The number of hydrogen-bond acceptors (Lipinski definition) is 2. The predicted molar refractivity (Wildman–Crippen MR) is 193 cm³/mol.